The van der Waals surface area contributed by atoms with E-state index < -0.39 is 33.9 Å². The van der Waals surface area contributed by atoms with Gasteiger partial charge in [0.25, 0.3) is 15.9 Å². The van der Waals surface area contributed by atoms with E-state index in [4.69, 9.17) is 4.74 Å². The Kier molecular flexibility index (Phi) is 6.94. The molecule has 1 atom stereocenters. The number of aromatic nitrogens is 2. The highest BCUT2D eigenvalue weighted by molar-refractivity contribution is 7.91. The van der Waals surface area contributed by atoms with E-state index in [9.17, 15) is 18.0 Å². The summed E-state index contributed by atoms with van der Waals surface area (Å²) in [5, 5.41) is 8.59. The van der Waals surface area contributed by atoms with E-state index >= 15 is 0 Å². The lowest BCUT2D eigenvalue weighted by molar-refractivity contribution is -0.158. The first-order valence-electron chi connectivity index (χ1n) is 9.78. The molecule has 2 aromatic rings. The van der Waals surface area contributed by atoms with Gasteiger partial charge >= 0.3 is 5.97 Å². The summed E-state index contributed by atoms with van der Waals surface area (Å²) in [6.07, 6.45) is 1.33. The van der Waals surface area contributed by atoms with E-state index in [0.29, 0.717) is 22.9 Å². The lowest BCUT2D eigenvalue weighted by Crippen LogP contribution is -2.41. The molecule has 9 nitrogen and oxygen atoms in total. The van der Waals surface area contributed by atoms with Crippen molar-refractivity contribution in [1.29, 1.82) is 0 Å². The first-order chi connectivity index (χ1) is 14.2. The van der Waals surface area contributed by atoms with E-state index in [0.717, 1.165) is 0 Å². The molecule has 164 valence electrons. The van der Waals surface area contributed by atoms with Crippen LogP contribution in [0.1, 0.15) is 39.7 Å². The van der Waals surface area contributed by atoms with Crippen LogP contribution in [0.25, 0.3) is 0 Å². The monoisotopic (exact) mass is 454 g/mol. The minimum atomic E-state index is -3.52. The molecule has 11 heteroatoms. The van der Waals surface area contributed by atoms with E-state index in [1.54, 1.807) is 34.5 Å². The molecule has 3 heterocycles. The minimum absolute atomic E-state index is 0.0730. The molecule has 0 spiro atoms. The van der Waals surface area contributed by atoms with Gasteiger partial charge in [-0.1, -0.05) is 6.07 Å². The van der Waals surface area contributed by atoms with E-state index in [-0.39, 0.29) is 19.1 Å². The van der Waals surface area contributed by atoms with Crippen LogP contribution >= 0.6 is 11.3 Å². The quantitative estimate of drug-likeness (QED) is 0.644. The normalized spacial score (nSPS) is 17.1. The summed E-state index contributed by atoms with van der Waals surface area (Å²) in [5.41, 5.74) is 0. The Bertz CT molecular complexity index is 976. The number of carbonyl (C=O) groups excluding carboxylic acids is 2. The molecule has 0 aliphatic carbocycles. The fourth-order valence-electron chi connectivity index (χ4n) is 3.25. The van der Waals surface area contributed by atoms with Crippen molar-refractivity contribution in [3.8, 4) is 0 Å². The third-order valence-electron chi connectivity index (χ3n) is 4.95. The van der Waals surface area contributed by atoms with Crippen LogP contribution in [0, 0.1) is 5.92 Å². The number of amides is 1. The summed E-state index contributed by atoms with van der Waals surface area (Å²) in [7, 11) is -3.52. The molecule has 0 saturated carbocycles. The number of sulfonamides is 1. The molecule has 1 N–H and O–H groups in total. The third kappa shape index (κ3) is 4.90. The van der Waals surface area contributed by atoms with Crippen LogP contribution in [0.15, 0.2) is 34.0 Å². The smallest absolute Gasteiger partial charge is 0.309 e. The van der Waals surface area contributed by atoms with Crippen molar-refractivity contribution in [2.75, 3.05) is 18.4 Å². The van der Waals surface area contributed by atoms with Crippen molar-refractivity contribution in [1.82, 2.24) is 14.1 Å². The molecule has 2 aromatic heterocycles. The summed E-state index contributed by atoms with van der Waals surface area (Å²) in [4.78, 5) is 24.9. The molecule has 3 rings (SSSR count). The second-order valence-electron chi connectivity index (χ2n) is 7.43. The van der Waals surface area contributed by atoms with Gasteiger partial charge in [0.1, 0.15) is 10.0 Å². The third-order valence-corrected chi connectivity index (χ3v) is 8.22. The topological polar surface area (TPSA) is 111 Å². The Hall–Kier alpha value is -2.24. The molecule has 1 aliphatic rings. The van der Waals surface area contributed by atoms with Crippen molar-refractivity contribution in [2.24, 2.45) is 5.92 Å². The molecular weight excluding hydrogens is 428 g/mol. The maximum Gasteiger partial charge on any atom is 0.309 e. The predicted molar refractivity (Wildman–Crippen MR) is 113 cm³/mol. The van der Waals surface area contributed by atoms with Crippen LogP contribution in [0.5, 0.6) is 0 Å². The van der Waals surface area contributed by atoms with Gasteiger partial charge < -0.3 is 10.1 Å². The molecule has 1 aliphatic heterocycles. The van der Waals surface area contributed by atoms with Gasteiger partial charge in [-0.3, -0.25) is 9.59 Å². The number of esters is 1. The van der Waals surface area contributed by atoms with Gasteiger partial charge in [-0.05, 0) is 45.1 Å². The van der Waals surface area contributed by atoms with Crippen molar-refractivity contribution >= 4 is 39.1 Å². The maximum atomic E-state index is 12.6. The molecular formula is C19H26N4O5S2. The van der Waals surface area contributed by atoms with Gasteiger partial charge in [0, 0.05) is 25.2 Å². The lowest BCUT2D eigenvalue weighted by Gasteiger charge is -2.30. The number of nitrogens with zero attached hydrogens (tertiary/aromatic N) is 3. The standard InChI is InChI=1S/C19H26N4O5S2/c1-13(2)23-16(6-9-20-23)21-18(24)14(3)28-19(25)15-7-10-22(11-8-15)30(26,27)17-5-4-12-29-17/h4-6,9,12-15H,7-8,10-11H2,1-3H3,(H,21,24)/t14-/m0/s1. The van der Waals surface area contributed by atoms with Crippen LogP contribution in [0.2, 0.25) is 0 Å². The van der Waals surface area contributed by atoms with Gasteiger partial charge in [-0.25, -0.2) is 13.1 Å². The number of anilines is 1. The van der Waals surface area contributed by atoms with Gasteiger partial charge in [0.05, 0.1) is 12.1 Å². The SMILES string of the molecule is CC(C)n1nccc1NC(=O)[C@H](C)OC(=O)C1CCN(S(=O)(=O)c2cccs2)CC1. The van der Waals surface area contributed by atoms with E-state index in [1.807, 2.05) is 13.8 Å². The summed E-state index contributed by atoms with van der Waals surface area (Å²) in [6.45, 7) is 5.89. The molecule has 1 amide bonds. The highest BCUT2D eigenvalue weighted by Crippen LogP contribution is 2.27. The predicted octanol–water partition coefficient (Wildman–Crippen LogP) is 2.50. The average molecular weight is 455 g/mol. The van der Waals surface area contributed by atoms with Gasteiger partial charge in [0.2, 0.25) is 0 Å². The first-order valence-corrected chi connectivity index (χ1v) is 12.1. The largest absolute Gasteiger partial charge is 0.452 e. The molecule has 0 radical (unpaired) electrons. The van der Waals surface area contributed by atoms with Crippen LogP contribution in [-0.4, -0.2) is 53.6 Å². The molecule has 0 bridgehead atoms. The Morgan fingerprint density at radius 3 is 2.53 bits per heavy atom. The summed E-state index contributed by atoms with van der Waals surface area (Å²) < 4.78 is 33.9. The molecule has 1 fully saturated rings. The van der Waals surface area contributed by atoms with Crippen molar-refractivity contribution in [3.05, 3.63) is 29.8 Å². The molecule has 0 unspecified atom stereocenters. The minimum Gasteiger partial charge on any atom is -0.452 e. The first kappa shape index (κ1) is 22.4. The summed E-state index contributed by atoms with van der Waals surface area (Å²) in [6, 6.07) is 5.02. The van der Waals surface area contributed by atoms with Crippen LogP contribution < -0.4 is 5.32 Å². The number of thiophene rings is 1. The van der Waals surface area contributed by atoms with Crippen molar-refractivity contribution < 1.29 is 22.7 Å². The number of nitrogens with one attached hydrogen (secondary N) is 1. The maximum absolute atomic E-state index is 12.6. The number of hydrogen-bond acceptors (Lipinski definition) is 7. The van der Waals surface area contributed by atoms with Crippen molar-refractivity contribution in [2.45, 2.75) is 50.0 Å². The number of carbonyl (C=O) groups is 2. The zero-order valence-corrected chi connectivity index (χ0v) is 18.8. The van der Waals surface area contributed by atoms with Crippen molar-refractivity contribution in [3.63, 3.8) is 0 Å². The van der Waals surface area contributed by atoms with Gasteiger partial charge in [0.15, 0.2) is 6.10 Å². The average Bonchev–Trinajstić information content (AvgIpc) is 3.40. The second kappa shape index (κ2) is 9.27. The Morgan fingerprint density at radius 2 is 1.93 bits per heavy atom. The van der Waals surface area contributed by atoms with E-state index in [1.165, 1.54) is 22.6 Å². The fourth-order valence-corrected chi connectivity index (χ4v) is 5.86. The van der Waals surface area contributed by atoms with Crippen LogP contribution in [0.3, 0.4) is 0 Å². The Morgan fingerprint density at radius 1 is 1.23 bits per heavy atom. The zero-order chi connectivity index (χ0) is 21.9. The zero-order valence-electron chi connectivity index (χ0n) is 17.1. The number of rotatable bonds is 7. The highest BCUT2D eigenvalue weighted by Gasteiger charge is 2.34. The lowest BCUT2D eigenvalue weighted by atomic mass is 9.98. The molecule has 30 heavy (non-hydrogen) atoms. The summed E-state index contributed by atoms with van der Waals surface area (Å²) >= 11 is 1.17. The number of hydrogen-bond donors (Lipinski definition) is 1. The summed E-state index contributed by atoms with van der Waals surface area (Å²) in [5.74, 6) is -0.826. The highest BCUT2D eigenvalue weighted by atomic mass is 32.2. The van der Waals surface area contributed by atoms with Gasteiger partial charge in [-0.2, -0.15) is 9.40 Å². The molecule has 1 saturated heterocycles. The molecule has 0 aromatic carbocycles. The second-order valence-corrected chi connectivity index (χ2v) is 10.5. The van der Waals surface area contributed by atoms with Gasteiger partial charge in [-0.15, -0.1) is 11.3 Å². The Labute approximate surface area is 180 Å². The van der Waals surface area contributed by atoms with Crippen LogP contribution in [-0.2, 0) is 24.3 Å². The number of piperidine rings is 1. The fraction of sp³-hybridized carbons (Fsp3) is 0.526. The van der Waals surface area contributed by atoms with E-state index in [2.05, 4.69) is 10.4 Å². The number of ether oxygens (including phenoxy) is 1. The van der Waals surface area contributed by atoms with Crippen LogP contribution in [0.4, 0.5) is 5.82 Å². The Balaban J connectivity index is 1.51.